The lowest BCUT2D eigenvalue weighted by Gasteiger charge is -2.26. The molecule has 0 N–H and O–H groups in total. The molecule has 4 heteroatoms. The molecule has 0 aliphatic heterocycles. The van der Waals surface area contributed by atoms with Gasteiger partial charge in [0.05, 0.1) is 11.0 Å². The molecule has 0 radical (unpaired) electrons. The summed E-state index contributed by atoms with van der Waals surface area (Å²) in [6.07, 6.45) is 0. The van der Waals surface area contributed by atoms with Crippen LogP contribution in [0.3, 0.4) is 0 Å². The topological polar surface area (TPSA) is 34.2 Å². The number of hydrogen-bond donors (Lipinski definition) is 0. The smallest absolute Gasteiger partial charge is 0.227 e. The van der Waals surface area contributed by atoms with Crippen LogP contribution >= 0.6 is 0 Å². The van der Waals surface area contributed by atoms with E-state index in [1.807, 2.05) is 12.1 Å². The molecular formula is C51H33N3O. The summed E-state index contributed by atoms with van der Waals surface area (Å²) >= 11 is 0. The number of para-hydroxylation sites is 2. The van der Waals surface area contributed by atoms with E-state index in [9.17, 15) is 0 Å². The first-order valence-electron chi connectivity index (χ1n) is 18.6. The van der Waals surface area contributed by atoms with Crippen molar-refractivity contribution in [3.05, 3.63) is 200 Å². The third-order valence-electron chi connectivity index (χ3n) is 10.8. The minimum Gasteiger partial charge on any atom is -0.436 e. The molecule has 0 saturated heterocycles. The Morgan fingerprint density at radius 1 is 0.418 bits per heavy atom. The molecule has 11 aromatic rings. The normalized spacial score (nSPS) is 11.6. The highest BCUT2D eigenvalue weighted by Gasteiger charge is 2.19. The summed E-state index contributed by atoms with van der Waals surface area (Å²) in [4.78, 5) is 7.31. The third kappa shape index (κ3) is 5.19. The van der Waals surface area contributed by atoms with Crippen LogP contribution in [-0.4, -0.2) is 9.55 Å². The van der Waals surface area contributed by atoms with E-state index in [4.69, 9.17) is 9.40 Å². The fourth-order valence-electron chi connectivity index (χ4n) is 8.21. The fraction of sp³-hybridized carbons (Fsp3) is 0. The van der Waals surface area contributed by atoms with E-state index in [0.29, 0.717) is 5.89 Å². The van der Waals surface area contributed by atoms with Crippen LogP contribution in [0, 0.1) is 0 Å². The Morgan fingerprint density at radius 2 is 1.02 bits per heavy atom. The van der Waals surface area contributed by atoms with E-state index in [0.717, 1.165) is 55.7 Å². The molecule has 2 heterocycles. The maximum atomic E-state index is 6.32. The molecular weight excluding hydrogens is 671 g/mol. The van der Waals surface area contributed by atoms with Crippen LogP contribution in [-0.2, 0) is 0 Å². The summed E-state index contributed by atoms with van der Waals surface area (Å²) in [6, 6.07) is 71.1. The molecule has 0 saturated carbocycles. The minimum absolute atomic E-state index is 0.609. The van der Waals surface area contributed by atoms with Gasteiger partial charge in [0, 0.05) is 44.5 Å². The molecule has 0 amide bonds. The average Bonchev–Trinajstić information content (AvgIpc) is 3.84. The zero-order chi connectivity index (χ0) is 36.3. The van der Waals surface area contributed by atoms with Gasteiger partial charge in [-0.1, -0.05) is 127 Å². The highest BCUT2D eigenvalue weighted by Crippen LogP contribution is 2.41. The molecule has 4 nitrogen and oxygen atoms in total. The van der Waals surface area contributed by atoms with Crippen molar-refractivity contribution in [1.82, 2.24) is 9.55 Å². The van der Waals surface area contributed by atoms with Crippen LogP contribution in [0.25, 0.3) is 82.7 Å². The number of aromatic nitrogens is 2. The van der Waals surface area contributed by atoms with Crippen LogP contribution in [0.4, 0.5) is 17.1 Å². The van der Waals surface area contributed by atoms with Gasteiger partial charge < -0.3 is 13.9 Å². The number of oxazole rings is 1. The molecule has 0 aliphatic carbocycles. The Kier molecular flexibility index (Phi) is 7.14. The van der Waals surface area contributed by atoms with E-state index in [1.165, 1.54) is 38.2 Å². The van der Waals surface area contributed by atoms with Crippen molar-refractivity contribution in [2.75, 3.05) is 4.90 Å². The second-order valence-corrected chi connectivity index (χ2v) is 14.0. The molecule has 55 heavy (non-hydrogen) atoms. The van der Waals surface area contributed by atoms with Crippen molar-refractivity contribution in [1.29, 1.82) is 0 Å². The number of hydrogen-bond acceptors (Lipinski definition) is 3. The Bertz CT molecular complexity index is 3190. The Morgan fingerprint density at radius 3 is 1.80 bits per heavy atom. The monoisotopic (exact) mass is 703 g/mol. The summed E-state index contributed by atoms with van der Waals surface area (Å²) < 4.78 is 8.69. The molecule has 0 atom stereocenters. The van der Waals surface area contributed by atoms with Gasteiger partial charge in [-0.2, -0.15) is 0 Å². The maximum Gasteiger partial charge on any atom is 0.227 e. The van der Waals surface area contributed by atoms with Crippen molar-refractivity contribution in [2.45, 2.75) is 0 Å². The first-order chi connectivity index (χ1) is 27.3. The SMILES string of the molecule is c1ccc(-n2c3ccccc3c3ccc(N(c4ccc(-c5nc6c(ccc7ccccc76)o5)cc4)c4ccc(-c5cccc6ccccc56)cc4)cc32)cc1. The second-order valence-electron chi connectivity index (χ2n) is 14.0. The maximum absolute atomic E-state index is 6.32. The summed E-state index contributed by atoms with van der Waals surface area (Å²) in [5, 5.41) is 7.17. The fourth-order valence-corrected chi connectivity index (χ4v) is 8.21. The first kappa shape index (κ1) is 31.1. The number of rotatable bonds is 6. The number of benzene rings is 9. The van der Waals surface area contributed by atoms with Crippen molar-refractivity contribution in [3.8, 4) is 28.3 Å². The van der Waals surface area contributed by atoms with Crippen LogP contribution < -0.4 is 4.90 Å². The van der Waals surface area contributed by atoms with Gasteiger partial charge in [-0.15, -0.1) is 0 Å². The van der Waals surface area contributed by atoms with E-state index in [-0.39, 0.29) is 0 Å². The molecule has 0 unspecified atom stereocenters. The Balaban J connectivity index is 1.06. The molecule has 0 fully saturated rings. The van der Waals surface area contributed by atoms with Crippen molar-refractivity contribution in [2.24, 2.45) is 0 Å². The zero-order valence-electron chi connectivity index (χ0n) is 29.8. The van der Waals surface area contributed by atoms with Gasteiger partial charge in [0.1, 0.15) is 5.52 Å². The van der Waals surface area contributed by atoms with Crippen molar-refractivity contribution >= 4 is 71.5 Å². The lowest BCUT2D eigenvalue weighted by molar-refractivity contribution is 0.620. The van der Waals surface area contributed by atoms with Gasteiger partial charge in [0.2, 0.25) is 5.89 Å². The lowest BCUT2D eigenvalue weighted by atomic mass is 9.98. The summed E-state index contributed by atoms with van der Waals surface area (Å²) in [5.74, 6) is 0.609. The molecule has 9 aromatic carbocycles. The summed E-state index contributed by atoms with van der Waals surface area (Å²) in [5.41, 5.74) is 11.6. The van der Waals surface area contributed by atoms with Crippen molar-refractivity contribution in [3.63, 3.8) is 0 Å². The average molecular weight is 704 g/mol. The Labute approximate surface area is 317 Å². The predicted octanol–water partition coefficient (Wildman–Crippen LogP) is 14.0. The highest BCUT2D eigenvalue weighted by molar-refractivity contribution is 6.10. The third-order valence-corrected chi connectivity index (χ3v) is 10.8. The zero-order valence-corrected chi connectivity index (χ0v) is 29.8. The predicted molar refractivity (Wildman–Crippen MR) is 229 cm³/mol. The lowest BCUT2D eigenvalue weighted by Crippen LogP contribution is -2.10. The quantitative estimate of drug-likeness (QED) is 0.173. The van der Waals surface area contributed by atoms with Gasteiger partial charge in [-0.25, -0.2) is 4.98 Å². The summed E-state index contributed by atoms with van der Waals surface area (Å²) in [6.45, 7) is 0. The highest BCUT2D eigenvalue weighted by atomic mass is 16.3. The van der Waals surface area contributed by atoms with Crippen LogP contribution in [0.5, 0.6) is 0 Å². The largest absolute Gasteiger partial charge is 0.436 e. The Hall–Kier alpha value is -7.43. The van der Waals surface area contributed by atoms with E-state index in [2.05, 4.69) is 198 Å². The van der Waals surface area contributed by atoms with Crippen LogP contribution in [0.1, 0.15) is 0 Å². The summed E-state index contributed by atoms with van der Waals surface area (Å²) in [7, 11) is 0. The number of fused-ring (bicyclic) bond motifs is 7. The molecule has 0 aliphatic rings. The van der Waals surface area contributed by atoms with E-state index >= 15 is 0 Å². The molecule has 0 spiro atoms. The van der Waals surface area contributed by atoms with E-state index < -0.39 is 0 Å². The second kappa shape index (κ2) is 12.6. The molecule has 258 valence electrons. The first-order valence-corrected chi connectivity index (χ1v) is 18.6. The molecule has 2 aromatic heterocycles. The molecule has 11 rings (SSSR count). The van der Waals surface area contributed by atoms with Crippen LogP contribution in [0.2, 0.25) is 0 Å². The number of anilines is 3. The number of nitrogens with zero attached hydrogens (tertiary/aromatic N) is 3. The van der Waals surface area contributed by atoms with Crippen molar-refractivity contribution < 1.29 is 4.42 Å². The van der Waals surface area contributed by atoms with E-state index in [1.54, 1.807) is 0 Å². The van der Waals surface area contributed by atoms with Crippen LogP contribution in [0.15, 0.2) is 205 Å². The van der Waals surface area contributed by atoms with Gasteiger partial charge >= 0.3 is 0 Å². The van der Waals surface area contributed by atoms with Gasteiger partial charge in [-0.3, -0.25) is 0 Å². The standard InChI is InChI=1S/C51H33N3O/c1-2-14-38(15-3-1)54-47-20-9-8-18-45(47)46-31-30-41(33-48(46)54)53(39-26-21-36(22-27-39)43-19-10-13-34-11-4-6-16-42(34)43)40-28-23-37(24-29-40)51-52-50-44-17-7-5-12-35(44)25-32-49(50)55-51/h1-33H. The van der Waals surface area contributed by atoms with Gasteiger partial charge in [0.25, 0.3) is 0 Å². The molecule has 0 bridgehead atoms. The minimum atomic E-state index is 0.609. The van der Waals surface area contributed by atoms with Gasteiger partial charge in [-0.05, 0) is 100 Å². The van der Waals surface area contributed by atoms with Gasteiger partial charge in [0.15, 0.2) is 5.58 Å².